The zero-order valence-corrected chi connectivity index (χ0v) is 6.99. The van der Waals surface area contributed by atoms with Crippen LogP contribution in [0.5, 0.6) is 0 Å². The van der Waals surface area contributed by atoms with E-state index < -0.39 is 18.0 Å². The molecule has 0 spiro atoms. The predicted molar refractivity (Wildman–Crippen MR) is 41.0 cm³/mol. The van der Waals surface area contributed by atoms with Gasteiger partial charge < -0.3 is 9.47 Å². The Kier molecular flexibility index (Phi) is 4.54. The Morgan fingerprint density at radius 2 is 2.17 bits per heavy atom. The third-order valence-electron chi connectivity index (χ3n) is 0.972. The highest BCUT2D eigenvalue weighted by atomic mass is 16.6. The van der Waals surface area contributed by atoms with Crippen molar-refractivity contribution in [1.82, 2.24) is 0 Å². The molecule has 0 aliphatic carbocycles. The molecule has 0 radical (unpaired) electrons. The summed E-state index contributed by atoms with van der Waals surface area (Å²) >= 11 is 0. The lowest BCUT2D eigenvalue weighted by molar-refractivity contribution is -0.164. The summed E-state index contributed by atoms with van der Waals surface area (Å²) in [4.78, 5) is 21.2. The number of terminal acetylenes is 1. The van der Waals surface area contributed by atoms with Crippen LogP contribution in [0.25, 0.3) is 0 Å². The molecule has 0 N–H and O–H groups in total. The summed E-state index contributed by atoms with van der Waals surface area (Å²) in [6.45, 7) is 2.52. The van der Waals surface area contributed by atoms with Crippen molar-refractivity contribution >= 4 is 11.9 Å². The Labute approximate surface area is 70.8 Å². The first-order chi connectivity index (χ1) is 5.57. The van der Waals surface area contributed by atoms with Gasteiger partial charge in [-0.1, -0.05) is 5.92 Å². The molecule has 4 nitrogen and oxygen atoms in total. The molecule has 0 aromatic carbocycles. The standard InChI is InChI=1S/C8H10O4/c1-4-5-11-8(10)6(2)12-7(3)9/h1,6H,5H2,2-3H3. The van der Waals surface area contributed by atoms with Gasteiger partial charge in [0.1, 0.15) is 0 Å². The van der Waals surface area contributed by atoms with Crippen molar-refractivity contribution in [1.29, 1.82) is 0 Å². The number of carbonyl (C=O) groups is 2. The van der Waals surface area contributed by atoms with Crippen molar-refractivity contribution in [3.63, 3.8) is 0 Å². The third kappa shape index (κ3) is 4.34. The fourth-order valence-electron chi connectivity index (χ4n) is 0.527. The van der Waals surface area contributed by atoms with E-state index in [0.29, 0.717) is 0 Å². The Hall–Kier alpha value is -1.50. The molecule has 0 saturated carbocycles. The number of hydrogen-bond donors (Lipinski definition) is 0. The van der Waals surface area contributed by atoms with Gasteiger partial charge in [0, 0.05) is 6.92 Å². The molecule has 0 amide bonds. The Balaban J connectivity index is 3.78. The van der Waals surface area contributed by atoms with Crippen LogP contribution < -0.4 is 0 Å². The minimum absolute atomic E-state index is 0.107. The normalized spacial score (nSPS) is 11.1. The zero-order chi connectivity index (χ0) is 9.56. The first-order valence-corrected chi connectivity index (χ1v) is 3.35. The minimum atomic E-state index is -0.893. The Morgan fingerprint density at radius 3 is 2.58 bits per heavy atom. The van der Waals surface area contributed by atoms with Gasteiger partial charge in [0.2, 0.25) is 0 Å². The monoisotopic (exact) mass is 170 g/mol. The molecule has 0 aliphatic rings. The van der Waals surface area contributed by atoms with Crippen LogP contribution in [0, 0.1) is 12.3 Å². The van der Waals surface area contributed by atoms with E-state index in [1.807, 2.05) is 0 Å². The van der Waals surface area contributed by atoms with Crippen LogP contribution in [0.1, 0.15) is 13.8 Å². The topological polar surface area (TPSA) is 52.6 Å². The lowest BCUT2D eigenvalue weighted by Gasteiger charge is -2.09. The van der Waals surface area contributed by atoms with E-state index in [-0.39, 0.29) is 6.61 Å². The van der Waals surface area contributed by atoms with E-state index in [9.17, 15) is 9.59 Å². The molecule has 0 bridgehead atoms. The molecule has 0 rings (SSSR count). The molecule has 4 heteroatoms. The van der Waals surface area contributed by atoms with Gasteiger partial charge in [-0.3, -0.25) is 4.79 Å². The van der Waals surface area contributed by atoms with E-state index in [1.165, 1.54) is 13.8 Å². The summed E-state index contributed by atoms with van der Waals surface area (Å²) in [6.07, 6.45) is 3.95. The van der Waals surface area contributed by atoms with Gasteiger partial charge in [0.05, 0.1) is 0 Å². The van der Waals surface area contributed by atoms with Gasteiger partial charge in [-0.05, 0) is 6.92 Å². The van der Waals surface area contributed by atoms with Crippen LogP contribution in [0.3, 0.4) is 0 Å². The first-order valence-electron chi connectivity index (χ1n) is 3.35. The lowest BCUT2D eigenvalue weighted by Crippen LogP contribution is -2.25. The molecule has 12 heavy (non-hydrogen) atoms. The highest BCUT2D eigenvalue weighted by Crippen LogP contribution is 1.94. The molecule has 66 valence electrons. The Bertz CT molecular complexity index is 214. The van der Waals surface area contributed by atoms with E-state index in [0.717, 1.165) is 0 Å². The summed E-state index contributed by atoms with van der Waals surface area (Å²) in [5.74, 6) is 0.960. The van der Waals surface area contributed by atoms with E-state index in [2.05, 4.69) is 15.4 Å². The number of esters is 2. The highest BCUT2D eigenvalue weighted by Gasteiger charge is 2.16. The fourth-order valence-corrected chi connectivity index (χ4v) is 0.527. The minimum Gasteiger partial charge on any atom is -0.451 e. The van der Waals surface area contributed by atoms with Crippen molar-refractivity contribution in [2.75, 3.05) is 6.61 Å². The Morgan fingerprint density at radius 1 is 1.58 bits per heavy atom. The summed E-state index contributed by atoms with van der Waals surface area (Å²) in [5, 5.41) is 0. The van der Waals surface area contributed by atoms with Crippen LogP contribution in [-0.4, -0.2) is 24.6 Å². The van der Waals surface area contributed by atoms with Crippen LogP contribution in [0.2, 0.25) is 0 Å². The summed E-state index contributed by atoms with van der Waals surface area (Å²) < 4.78 is 9.03. The number of rotatable bonds is 3. The van der Waals surface area contributed by atoms with Gasteiger partial charge in [0.15, 0.2) is 12.7 Å². The molecule has 0 aromatic heterocycles. The van der Waals surface area contributed by atoms with Gasteiger partial charge in [-0.2, -0.15) is 0 Å². The van der Waals surface area contributed by atoms with Gasteiger partial charge in [-0.25, -0.2) is 4.79 Å². The highest BCUT2D eigenvalue weighted by molar-refractivity contribution is 5.78. The van der Waals surface area contributed by atoms with E-state index in [1.54, 1.807) is 0 Å². The summed E-state index contributed by atoms with van der Waals surface area (Å²) in [7, 11) is 0. The molecule has 0 saturated heterocycles. The molecule has 0 aliphatic heterocycles. The summed E-state index contributed by atoms with van der Waals surface area (Å²) in [5.41, 5.74) is 0. The lowest BCUT2D eigenvalue weighted by atomic mass is 10.4. The van der Waals surface area contributed by atoms with Crippen LogP contribution >= 0.6 is 0 Å². The summed E-state index contributed by atoms with van der Waals surface area (Å²) in [6, 6.07) is 0. The van der Waals surface area contributed by atoms with E-state index >= 15 is 0 Å². The average Bonchev–Trinajstić information content (AvgIpc) is 1.98. The van der Waals surface area contributed by atoms with E-state index in [4.69, 9.17) is 6.42 Å². The maximum atomic E-state index is 10.8. The quantitative estimate of drug-likeness (QED) is 0.445. The van der Waals surface area contributed by atoms with Crippen molar-refractivity contribution in [2.24, 2.45) is 0 Å². The number of ether oxygens (including phenoxy) is 2. The maximum Gasteiger partial charge on any atom is 0.348 e. The SMILES string of the molecule is C#CCOC(=O)C(C)OC(C)=O. The van der Waals surface area contributed by atoms with Gasteiger partial charge >= 0.3 is 11.9 Å². The maximum absolute atomic E-state index is 10.8. The van der Waals surface area contributed by atoms with Crippen LogP contribution in [0.4, 0.5) is 0 Å². The molecule has 0 heterocycles. The molecule has 1 unspecified atom stereocenters. The molecule has 0 aromatic rings. The van der Waals surface area contributed by atoms with Crippen LogP contribution in [-0.2, 0) is 19.1 Å². The van der Waals surface area contributed by atoms with Gasteiger partial charge in [0.25, 0.3) is 0 Å². The molecule has 1 atom stereocenters. The molecule has 0 fully saturated rings. The average molecular weight is 170 g/mol. The van der Waals surface area contributed by atoms with Crippen molar-refractivity contribution < 1.29 is 19.1 Å². The van der Waals surface area contributed by atoms with Crippen molar-refractivity contribution in [2.45, 2.75) is 20.0 Å². The second kappa shape index (κ2) is 5.19. The zero-order valence-electron chi connectivity index (χ0n) is 6.99. The second-order valence-corrected chi connectivity index (χ2v) is 2.06. The third-order valence-corrected chi connectivity index (χ3v) is 0.972. The smallest absolute Gasteiger partial charge is 0.348 e. The van der Waals surface area contributed by atoms with Crippen molar-refractivity contribution in [3.05, 3.63) is 0 Å². The number of carbonyl (C=O) groups excluding carboxylic acids is 2. The first kappa shape index (κ1) is 10.5. The largest absolute Gasteiger partial charge is 0.451 e. The van der Waals surface area contributed by atoms with Gasteiger partial charge in [-0.15, -0.1) is 6.42 Å². The molecular weight excluding hydrogens is 160 g/mol. The van der Waals surface area contributed by atoms with Crippen molar-refractivity contribution in [3.8, 4) is 12.3 Å². The second-order valence-electron chi connectivity index (χ2n) is 2.06. The van der Waals surface area contributed by atoms with Crippen LogP contribution in [0.15, 0.2) is 0 Å². The number of hydrogen-bond acceptors (Lipinski definition) is 4. The fraction of sp³-hybridized carbons (Fsp3) is 0.500. The predicted octanol–water partition coefficient (Wildman–Crippen LogP) is 0.114. The molecular formula is C8H10O4.